The number of urea groups is 1. The minimum absolute atomic E-state index is 0.0423. The number of carbonyl (C=O) groups is 1. The number of nitrogens with one attached hydrogen (secondary N) is 1. The second-order valence-corrected chi connectivity index (χ2v) is 7.27. The van der Waals surface area contributed by atoms with Crippen LogP contribution < -0.4 is 5.32 Å². The molecule has 7 heteroatoms. The molecule has 1 N–H and O–H groups in total. The van der Waals surface area contributed by atoms with Gasteiger partial charge in [-0.05, 0) is 19.8 Å². The fourth-order valence-electron chi connectivity index (χ4n) is 2.03. The van der Waals surface area contributed by atoms with Gasteiger partial charge in [0.2, 0.25) is 0 Å². The van der Waals surface area contributed by atoms with Crippen LogP contribution in [0, 0.1) is 0 Å². The molecule has 0 aromatic carbocycles. The molecule has 1 atom stereocenters. The average Bonchev–Trinajstić information content (AvgIpc) is 2.76. The second kappa shape index (κ2) is 7.64. The van der Waals surface area contributed by atoms with Crippen molar-refractivity contribution in [3.63, 3.8) is 0 Å². The van der Waals surface area contributed by atoms with Gasteiger partial charge in [-0.25, -0.2) is 13.2 Å². The summed E-state index contributed by atoms with van der Waals surface area (Å²) in [6, 6.07) is -0.526. The van der Waals surface area contributed by atoms with Crippen LogP contribution in [0.5, 0.6) is 0 Å². The van der Waals surface area contributed by atoms with Gasteiger partial charge in [-0.15, -0.1) is 0 Å². The van der Waals surface area contributed by atoms with E-state index in [1.165, 1.54) is 0 Å². The SMILES string of the molecule is CC/C(C)=C/NC(=O)N(CCOC)C1CCS(=O)(=O)C1. The van der Waals surface area contributed by atoms with Crippen LogP contribution in [0.4, 0.5) is 4.79 Å². The van der Waals surface area contributed by atoms with Crippen molar-refractivity contribution in [2.75, 3.05) is 31.8 Å². The van der Waals surface area contributed by atoms with Crippen LogP contribution in [0.15, 0.2) is 11.8 Å². The first-order chi connectivity index (χ1) is 9.39. The highest BCUT2D eigenvalue weighted by Gasteiger charge is 2.34. The minimum Gasteiger partial charge on any atom is -0.383 e. The number of allylic oxidation sites excluding steroid dienone is 1. The highest BCUT2D eigenvalue weighted by Crippen LogP contribution is 2.17. The maximum atomic E-state index is 12.2. The number of hydrogen-bond acceptors (Lipinski definition) is 4. The van der Waals surface area contributed by atoms with Gasteiger partial charge in [-0.2, -0.15) is 0 Å². The Bertz CT molecular complexity index is 459. The van der Waals surface area contributed by atoms with E-state index in [4.69, 9.17) is 4.74 Å². The lowest BCUT2D eigenvalue weighted by Crippen LogP contribution is -2.47. The summed E-state index contributed by atoms with van der Waals surface area (Å²) in [6.45, 7) is 4.71. The largest absolute Gasteiger partial charge is 0.383 e. The van der Waals surface area contributed by atoms with Crippen molar-refractivity contribution in [3.8, 4) is 0 Å². The van der Waals surface area contributed by atoms with Crippen molar-refractivity contribution in [2.24, 2.45) is 0 Å². The third kappa shape index (κ3) is 5.13. The van der Waals surface area contributed by atoms with Crippen LogP contribution in [-0.2, 0) is 14.6 Å². The number of methoxy groups -OCH3 is 1. The van der Waals surface area contributed by atoms with Crippen molar-refractivity contribution in [1.29, 1.82) is 0 Å². The predicted molar refractivity (Wildman–Crippen MR) is 78.2 cm³/mol. The van der Waals surface area contributed by atoms with Crippen LogP contribution in [0.3, 0.4) is 0 Å². The summed E-state index contributed by atoms with van der Waals surface area (Å²) in [5.74, 6) is 0.193. The Balaban J connectivity index is 2.71. The van der Waals surface area contributed by atoms with Gasteiger partial charge in [0.15, 0.2) is 9.84 Å². The molecule has 0 aliphatic carbocycles. The van der Waals surface area contributed by atoms with E-state index in [0.29, 0.717) is 19.6 Å². The van der Waals surface area contributed by atoms with E-state index in [0.717, 1.165) is 12.0 Å². The lowest BCUT2D eigenvalue weighted by Gasteiger charge is -2.27. The highest BCUT2D eigenvalue weighted by atomic mass is 32.2. The zero-order chi connectivity index (χ0) is 15.2. The fourth-order valence-corrected chi connectivity index (χ4v) is 3.76. The Labute approximate surface area is 121 Å². The number of sulfone groups is 1. The quantitative estimate of drug-likeness (QED) is 0.798. The van der Waals surface area contributed by atoms with Gasteiger partial charge in [0.25, 0.3) is 0 Å². The number of rotatable bonds is 6. The summed E-state index contributed by atoms with van der Waals surface area (Å²) in [6.07, 6.45) is 3.03. The minimum atomic E-state index is -3.01. The van der Waals surface area contributed by atoms with Crippen molar-refractivity contribution in [3.05, 3.63) is 11.8 Å². The third-order valence-corrected chi connectivity index (χ3v) is 5.20. The molecule has 1 aliphatic rings. The summed E-state index contributed by atoms with van der Waals surface area (Å²) < 4.78 is 28.1. The van der Waals surface area contributed by atoms with Crippen LogP contribution in [0.1, 0.15) is 26.7 Å². The Kier molecular flexibility index (Phi) is 6.48. The molecule has 1 heterocycles. The maximum absolute atomic E-state index is 12.2. The molecule has 0 radical (unpaired) electrons. The molecule has 1 fully saturated rings. The molecule has 0 aromatic rings. The lowest BCUT2D eigenvalue weighted by atomic mass is 10.2. The van der Waals surface area contributed by atoms with Crippen molar-refractivity contribution < 1.29 is 17.9 Å². The predicted octanol–water partition coefficient (Wildman–Crippen LogP) is 1.15. The molecule has 116 valence electrons. The molecule has 0 spiro atoms. The molecule has 2 amide bonds. The molecular weight excluding hydrogens is 280 g/mol. The van der Waals surface area contributed by atoms with E-state index in [1.807, 2.05) is 13.8 Å². The second-order valence-electron chi connectivity index (χ2n) is 5.04. The summed E-state index contributed by atoms with van der Waals surface area (Å²) in [5, 5.41) is 2.72. The summed E-state index contributed by atoms with van der Waals surface area (Å²) in [5.41, 5.74) is 1.06. The Morgan fingerprint density at radius 2 is 2.20 bits per heavy atom. The molecule has 1 saturated heterocycles. The highest BCUT2D eigenvalue weighted by molar-refractivity contribution is 7.91. The number of nitrogens with zero attached hydrogens (tertiary/aromatic N) is 1. The van der Waals surface area contributed by atoms with E-state index < -0.39 is 9.84 Å². The zero-order valence-electron chi connectivity index (χ0n) is 12.4. The molecular formula is C13H24N2O4S. The van der Waals surface area contributed by atoms with Crippen LogP contribution in [0.25, 0.3) is 0 Å². The third-order valence-electron chi connectivity index (χ3n) is 3.45. The first-order valence-corrected chi connectivity index (χ1v) is 8.64. The first kappa shape index (κ1) is 17.0. The fraction of sp³-hybridized carbons (Fsp3) is 0.769. The van der Waals surface area contributed by atoms with Crippen LogP contribution in [-0.4, -0.2) is 57.2 Å². The topological polar surface area (TPSA) is 75.7 Å². The van der Waals surface area contributed by atoms with Gasteiger partial charge in [0.05, 0.1) is 18.1 Å². The maximum Gasteiger partial charge on any atom is 0.321 e. The number of hydrogen-bond donors (Lipinski definition) is 1. The molecule has 0 aromatic heterocycles. The van der Waals surface area contributed by atoms with Crippen LogP contribution >= 0.6 is 0 Å². The summed E-state index contributed by atoms with van der Waals surface area (Å²) >= 11 is 0. The van der Waals surface area contributed by atoms with E-state index >= 15 is 0 Å². The molecule has 1 rings (SSSR count). The molecule has 1 unspecified atom stereocenters. The van der Waals surface area contributed by atoms with Gasteiger partial charge in [-0.1, -0.05) is 12.5 Å². The Morgan fingerprint density at radius 1 is 1.50 bits per heavy atom. The molecule has 20 heavy (non-hydrogen) atoms. The summed E-state index contributed by atoms with van der Waals surface area (Å²) in [4.78, 5) is 13.8. The standard InChI is InChI=1S/C13H24N2O4S/c1-4-11(2)9-14-13(16)15(6-7-19-3)12-5-8-20(17,18)10-12/h9,12H,4-8,10H2,1-3H3,(H,14,16)/b11-9+. The molecule has 1 aliphatic heterocycles. The molecule has 0 saturated carbocycles. The van der Waals surface area contributed by atoms with E-state index in [1.54, 1.807) is 18.2 Å². The summed E-state index contributed by atoms with van der Waals surface area (Å²) in [7, 11) is -1.45. The smallest absolute Gasteiger partial charge is 0.321 e. The zero-order valence-corrected chi connectivity index (χ0v) is 13.2. The van der Waals surface area contributed by atoms with Crippen molar-refractivity contribution in [2.45, 2.75) is 32.7 Å². The van der Waals surface area contributed by atoms with Crippen molar-refractivity contribution in [1.82, 2.24) is 10.2 Å². The van der Waals surface area contributed by atoms with Crippen molar-refractivity contribution >= 4 is 15.9 Å². The monoisotopic (exact) mass is 304 g/mol. The van der Waals surface area contributed by atoms with Crippen LogP contribution in [0.2, 0.25) is 0 Å². The molecule has 6 nitrogen and oxygen atoms in total. The Morgan fingerprint density at radius 3 is 2.70 bits per heavy atom. The van der Waals surface area contributed by atoms with Gasteiger partial charge in [0.1, 0.15) is 0 Å². The average molecular weight is 304 g/mol. The van der Waals surface area contributed by atoms with Gasteiger partial charge >= 0.3 is 6.03 Å². The molecule has 0 bridgehead atoms. The van der Waals surface area contributed by atoms with Gasteiger partial charge < -0.3 is 15.0 Å². The van der Waals surface area contributed by atoms with E-state index in [2.05, 4.69) is 5.32 Å². The number of carbonyl (C=O) groups excluding carboxylic acids is 1. The number of ether oxygens (including phenoxy) is 1. The van der Waals surface area contributed by atoms with Gasteiger partial charge in [0, 0.05) is 25.9 Å². The normalized spacial score (nSPS) is 21.8. The lowest BCUT2D eigenvalue weighted by molar-refractivity contribution is 0.135. The van der Waals surface area contributed by atoms with E-state index in [9.17, 15) is 13.2 Å². The first-order valence-electron chi connectivity index (χ1n) is 6.81. The Hall–Kier alpha value is -1.08. The van der Waals surface area contributed by atoms with Gasteiger partial charge in [-0.3, -0.25) is 0 Å². The van der Waals surface area contributed by atoms with E-state index in [-0.39, 0.29) is 23.6 Å². The number of amides is 2.